The Morgan fingerprint density at radius 1 is 1.40 bits per heavy atom. The third-order valence-corrected chi connectivity index (χ3v) is 5.26. The minimum absolute atomic E-state index is 0.264. The van der Waals surface area contributed by atoms with E-state index in [-0.39, 0.29) is 10.4 Å². The van der Waals surface area contributed by atoms with Crippen molar-refractivity contribution in [1.82, 2.24) is 9.71 Å². The fraction of sp³-hybridized carbons (Fsp3) is 0.643. The van der Waals surface area contributed by atoms with Gasteiger partial charge in [0.05, 0.1) is 4.90 Å². The molecule has 2 N–H and O–H groups in total. The van der Waals surface area contributed by atoms with Crippen LogP contribution in [0.5, 0.6) is 0 Å². The first-order chi connectivity index (χ1) is 9.35. The molecule has 20 heavy (non-hydrogen) atoms. The van der Waals surface area contributed by atoms with Gasteiger partial charge in [-0.15, -0.1) is 0 Å². The molecule has 1 aliphatic rings. The summed E-state index contributed by atoms with van der Waals surface area (Å²) in [5, 5.41) is 3.10. The number of nitrogens with zero attached hydrogens (tertiary/aromatic N) is 1. The number of nitrogens with one attached hydrogen (secondary N) is 2. The number of pyridine rings is 1. The van der Waals surface area contributed by atoms with Gasteiger partial charge in [-0.3, -0.25) is 0 Å². The molecular weight excluding hydrogens is 274 g/mol. The molecule has 5 nitrogen and oxygen atoms in total. The van der Waals surface area contributed by atoms with Gasteiger partial charge in [-0.05, 0) is 45.1 Å². The Kier molecular flexibility index (Phi) is 4.34. The molecule has 0 aromatic carbocycles. The van der Waals surface area contributed by atoms with Gasteiger partial charge in [-0.25, -0.2) is 18.1 Å². The Morgan fingerprint density at radius 3 is 2.70 bits per heavy atom. The summed E-state index contributed by atoms with van der Waals surface area (Å²) in [5.41, 5.74) is -0.390. The molecule has 1 fully saturated rings. The van der Waals surface area contributed by atoms with Gasteiger partial charge in [-0.1, -0.05) is 6.92 Å². The monoisotopic (exact) mass is 297 g/mol. The zero-order valence-corrected chi connectivity index (χ0v) is 13.1. The van der Waals surface area contributed by atoms with Crippen molar-refractivity contribution in [2.24, 2.45) is 5.92 Å². The second kappa shape index (κ2) is 5.69. The number of hydrogen-bond acceptors (Lipinski definition) is 4. The van der Waals surface area contributed by atoms with Crippen LogP contribution in [0, 0.1) is 5.92 Å². The van der Waals surface area contributed by atoms with E-state index >= 15 is 0 Å². The molecular formula is C14H23N3O2S. The lowest BCUT2D eigenvalue weighted by molar-refractivity contribution is 0.400. The SMILES string of the molecule is CCCNc1cc(S(=O)(=O)NC(C)(C)C2CC2)ccn1. The lowest BCUT2D eigenvalue weighted by atomic mass is 10.0. The van der Waals surface area contributed by atoms with Gasteiger partial charge in [0.25, 0.3) is 0 Å². The number of rotatable bonds is 7. The van der Waals surface area contributed by atoms with Crippen molar-refractivity contribution in [3.05, 3.63) is 18.3 Å². The average Bonchev–Trinajstić information content (AvgIpc) is 3.20. The maximum absolute atomic E-state index is 12.4. The lowest BCUT2D eigenvalue weighted by Crippen LogP contribution is -2.45. The second-order valence-corrected chi connectivity index (χ2v) is 7.59. The van der Waals surface area contributed by atoms with Gasteiger partial charge in [0.1, 0.15) is 5.82 Å². The van der Waals surface area contributed by atoms with Gasteiger partial charge in [-0.2, -0.15) is 0 Å². The van der Waals surface area contributed by atoms with Crippen molar-refractivity contribution >= 4 is 15.8 Å². The van der Waals surface area contributed by atoms with Crippen LogP contribution in [-0.4, -0.2) is 25.5 Å². The second-order valence-electron chi connectivity index (χ2n) is 5.91. The third kappa shape index (κ3) is 3.70. The largest absolute Gasteiger partial charge is 0.370 e. The molecule has 0 amide bonds. The van der Waals surface area contributed by atoms with Crippen LogP contribution >= 0.6 is 0 Å². The van der Waals surface area contributed by atoms with Crippen LogP contribution in [0.4, 0.5) is 5.82 Å². The van der Waals surface area contributed by atoms with E-state index in [0.717, 1.165) is 25.8 Å². The summed E-state index contributed by atoms with van der Waals surface area (Å²) in [7, 11) is -3.50. The van der Waals surface area contributed by atoms with Gasteiger partial charge in [0.15, 0.2) is 0 Å². The summed E-state index contributed by atoms with van der Waals surface area (Å²) in [6.07, 6.45) is 4.67. The smallest absolute Gasteiger partial charge is 0.241 e. The van der Waals surface area contributed by atoms with Crippen LogP contribution in [0.25, 0.3) is 0 Å². The van der Waals surface area contributed by atoms with Crippen molar-refractivity contribution < 1.29 is 8.42 Å². The van der Waals surface area contributed by atoms with E-state index in [2.05, 4.69) is 15.0 Å². The molecule has 6 heteroatoms. The first-order valence-corrected chi connectivity index (χ1v) is 8.57. The Morgan fingerprint density at radius 2 is 2.10 bits per heavy atom. The molecule has 0 saturated heterocycles. The molecule has 0 aliphatic heterocycles. The zero-order chi connectivity index (χ0) is 14.8. The van der Waals surface area contributed by atoms with Gasteiger partial charge < -0.3 is 5.32 Å². The number of anilines is 1. The summed E-state index contributed by atoms with van der Waals surface area (Å²) in [4.78, 5) is 4.39. The quantitative estimate of drug-likeness (QED) is 0.810. The number of sulfonamides is 1. The van der Waals surface area contributed by atoms with Crippen LogP contribution in [0.15, 0.2) is 23.2 Å². The Hall–Kier alpha value is -1.14. The average molecular weight is 297 g/mol. The van der Waals surface area contributed by atoms with Crippen LogP contribution in [0.3, 0.4) is 0 Å². The van der Waals surface area contributed by atoms with Crippen molar-refractivity contribution in [3.63, 3.8) is 0 Å². The summed E-state index contributed by atoms with van der Waals surface area (Å²) < 4.78 is 27.7. The molecule has 1 saturated carbocycles. The fourth-order valence-electron chi connectivity index (χ4n) is 2.22. The highest BCUT2D eigenvalue weighted by molar-refractivity contribution is 7.89. The molecule has 0 spiro atoms. The van der Waals surface area contributed by atoms with E-state index in [1.165, 1.54) is 12.3 Å². The highest BCUT2D eigenvalue weighted by Gasteiger charge is 2.40. The topological polar surface area (TPSA) is 71.1 Å². The van der Waals surface area contributed by atoms with E-state index in [9.17, 15) is 8.42 Å². The van der Waals surface area contributed by atoms with Crippen LogP contribution in [0.2, 0.25) is 0 Å². The van der Waals surface area contributed by atoms with Crippen molar-refractivity contribution in [3.8, 4) is 0 Å². The molecule has 0 unspecified atom stereocenters. The molecule has 1 aromatic rings. The van der Waals surface area contributed by atoms with E-state index in [1.807, 2.05) is 20.8 Å². The van der Waals surface area contributed by atoms with Crippen LogP contribution in [-0.2, 0) is 10.0 Å². The van der Waals surface area contributed by atoms with E-state index in [4.69, 9.17) is 0 Å². The predicted octanol–water partition coefficient (Wildman–Crippen LogP) is 2.37. The highest BCUT2D eigenvalue weighted by Crippen LogP contribution is 2.39. The Balaban J connectivity index is 2.16. The standard InChI is InChI=1S/C14H23N3O2S/c1-4-8-15-13-10-12(7-9-16-13)20(18,19)17-14(2,3)11-5-6-11/h7,9-11,17H,4-6,8H2,1-3H3,(H,15,16). The van der Waals surface area contributed by atoms with Crippen LogP contribution < -0.4 is 10.0 Å². The molecule has 0 radical (unpaired) electrons. The summed E-state index contributed by atoms with van der Waals surface area (Å²) in [6, 6.07) is 3.11. The predicted molar refractivity (Wildman–Crippen MR) is 80.1 cm³/mol. The Labute approximate surface area is 121 Å². The fourth-order valence-corrected chi connectivity index (χ4v) is 3.71. The van der Waals surface area contributed by atoms with E-state index < -0.39 is 10.0 Å². The molecule has 2 rings (SSSR count). The number of aromatic nitrogens is 1. The van der Waals surface area contributed by atoms with Crippen molar-refractivity contribution in [2.45, 2.75) is 50.5 Å². The molecule has 112 valence electrons. The van der Waals surface area contributed by atoms with E-state index in [0.29, 0.717) is 11.7 Å². The summed E-state index contributed by atoms with van der Waals surface area (Å²) >= 11 is 0. The first-order valence-electron chi connectivity index (χ1n) is 7.09. The minimum Gasteiger partial charge on any atom is -0.370 e. The molecule has 0 bridgehead atoms. The maximum Gasteiger partial charge on any atom is 0.241 e. The normalized spacial score (nSPS) is 16.1. The zero-order valence-electron chi connectivity index (χ0n) is 12.3. The molecule has 0 atom stereocenters. The maximum atomic E-state index is 12.4. The molecule has 1 heterocycles. The van der Waals surface area contributed by atoms with Crippen molar-refractivity contribution in [2.75, 3.05) is 11.9 Å². The molecule has 1 aliphatic carbocycles. The Bertz CT molecular complexity index is 566. The summed E-state index contributed by atoms with van der Waals surface area (Å²) in [6.45, 7) is 6.71. The molecule has 1 aromatic heterocycles. The van der Waals surface area contributed by atoms with Gasteiger partial charge in [0.2, 0.25) is 10.0 Å². The van der Waals surface area contributed by atoms with Crippen molar-refractivity contribution in [1.29, 1.82) is 0 Å². The van der Waals surface area contributed by atoms with Gasteiger partial charge in [0, 0.05) is 24.3 Å². The third-order valence-electron chi connectivity index (χ3n) is 3.59. The number of hydrogen-bond donors (Lipinski definition) is 2. The lowest BCUT2D eigenvalue weighted by Gasteiger charge is -2.25. The summed E-state index contributed by atoms with van der Waals surface area (Å²) in [5.74, 6) is 1.04. The minimum atomic E-state index is -3.50. The van der Waals surface area contributed by atoms with Gasteiger partial charge >= 0.3 is 0 Å². The van der Waals surface area contributed by atoms with Crippen LogP contribution in [0.1, 0.15) is 40.0 Å². The highest BCUT2D eigenvalue weighted by atomic mass is 32.2. The first kappa shape index (κ1) is 15.3. The van der Waals surface area contributed by atoms with E-state index in [1.54, 1.807) is 6.07 Å².